The predicted molar refractivity (Wildman–Crippen MR) is 122 cm³/mol. The molecule has 2 heterocycles. The van der Waals surface area contributed by atoms with Gasteiger partial charge in [-0.1, -0.05) is 15.9 Å². The smallest absolute Gasteiger partial charge is 0.496 e. The number of nitrogens with zero attached hydrogens (tertiary/aromatic N) is 1. The second-order valence-electron chi connectivity index (χ2n) is 6.32. The van der Waals surface area contributed by atoms with Crippen molar-refractivity contribution in [3.05, 3.63) is 69.1 Å². The maximum atomic E-state index is 6.06. The van der Waals surface area contributed by atoms with Crippen LogP contribution in [-0.2, 0) is 0 Å². The molecule has 4 nitrogen and oxygen atoms in total. The van der Waals surface area contributed by atoms with E-state index in [2.05, 4.69) is 33.9 Å². The Kier molecular flexibility index (Phi) is 9.26. The summed E-state index contributed by atoms with van der Waals surface area (Å²) in [6, 6.07) is 8.05. The van der Waals surface area contributed by atoms with Gasteiger partial charge < -0.3 is 15.5 Å². The van der Waals surface area contributed by atoms with Crippen molar-refractivity contribution < 1.29 is 18.6 Å². The fraction of sp³-hybridized carbons (Fsp3) is 0.190. The molecule has 8 heteroatoms. The Balaban J connectivity index is 0.00000210. The van der Waals surface area contributed by atoms with Crippen LogP contribution in [0.1, 0.15) is 28.9 Å². The van der Waals surface area contributed by atoms with Gasteiger partial charge in [-0.25, -0.2) is 0 Å². The molecule has 0 bridgehead atoms. The third-order valence-corrected chi connectivity index (χ3v) is 4.95. The number of hydrogen-bond donors (Lipinski definition) is 2. The molecule has 2 radical (unpaired) electrons. The van der Waals surface area contributed by atoms with Gasteiger partial charge in [0.15, 0.2) is 5.70 Å². The van der Waals surface area contributed by atoms with Crippen molar-refractivity contribution in [2.45, 2.75) is 13.3 Å². The Morgan fingerprint density at radius 1 is 1.28 bits per heavy atom. The maximum absolute atomic E-state index is 6.06. The van der Waals surface area contributed by atoms with Crippen LogP contribution in [0.15, 0.2) is 46.6 Å². The first-order valence-corrected chi connectivity index (χ1v) is 9.53. The molecule has 3 N–H and O–H groups in total. The Morgan fingerprint density at radius 3 is 2.66 bits per heavy atom. The van der Waals surface area contributed by atoms with Crippen LogP contribution in [0.25, 0.3) is 17.7 Å². The quantitative estimate of drug-likeness (QED) is 0.626. The SMILES string of the molecule is F.F.[B][N+]1=CC=CC1=C(CCN)c1[nH]c(/C=C/c2cc(Br)ccc2OC)cc1C. The maximum Gasteiger partial charge on any atom is 0.586 e. The molecule has 0 unspecified atom stereocenters. The Hall–Kier alpha value is -2.45. The molecular weight excluding hydrogens is 439 g/mol. The minimum Gasteiger partial charge on any atom is -0.496 e. The van der Waals surface area contributed by atoms with E-state index >= 15 is 0 Å². The van der Waals surface area contributed by atoms with E-state index in [-0.39, 0.29) is 9.41 Å². The van der Waals surface area contributed by atoms with Crippen molar-refractivity contribution in [1.82, 2.24) is 4.98 Å². The van der Waals surface area contributed by atoms with Crippen LogP contribution in [0.3, 0.4) is 0 Å². The largest absolute Gasteiger partial charge is 0.586 e. The fourth-order valence-corrected chi connectivity index (χ4v) is 3.56. The summed E-state index contributed by atoms with van der Waals surface area (Å²) < 4.78 is 8.07. The zero-order chi connectivity index (χ0) is 19.4. The second-order valence-corrected chi connectivity index (χ2v) is 7.24. The van der Waals surface area contributed by atoms with Gasteiger partial charge in [-0.2, -0.15) is 0 Å². The molecule has 2 aromatic rings. The molecule has 0 saturated heterocycles. The number of ether oxygens (including phenoxy) is 1. The summed E-state index contributed by atoms with van der Waals surface area (Å²) in [5, 5.41) is 0. The van der Waals surface area contributed by atoms with E-state index in [0.29, 0.717) is 6.54 Å². The Morgan fingerprint density at radius 2 is 2.03 bits per heavy atom. The molecule has 1 aliphatic rings. The average Bonchev–Trinajstić information content (AvgIpc) is 3.23. The van der Waals surface area contributed by atoms with Crippen molar-refractivity contribution in [2.75, 3.05) is 13.7 Å². The van der Waals surface area contributed by atoms with E-state index in [1.54, 1.807) is 11.6 Å². The van der Waals surface area contributed by atoms with E-state index in [9.17, 15) is 0 Å². The number of aryl methyl sites for hydroxylation is 1. The van der Waals surface area contributed by atoms with Gasteiger partial charge in [-0.3, -0.25) is 13.9 Å². The van der Waals surface area contributed by atoms with Gasteiger partial charge in [-0.15, -0.1) is 0 Å². The molecule has 0 atom stereocenters. The fourth-order valence-electron chi connectivity index (χ4n) is 3.18. The number of rotatable bonds is 6. The first-order chi connectivity index (χ1) is 13.0. The van der Waals surface area contributed by atoms with Crippen LogP contribution in [0, 0.1) is 6.92 Å². The molecule has 3 rings (SSSR count). The lowest BCUT2D eigenvalue weighted by molar-refractivity contribution is -0.294. The lowest BCUT2D eigenvalue weighted by atomic mass is 10.0. The second kappa shape index (κ2) is 10.9. The standard InChI is InChI=1S/C21H22BBrN3O.2FH/c1-14-12-17(7-5-15-13-16(23)6-8-20(15)27-2)25-21(14)18(9-10-24)19-4-3-11-26(19)22;;/h3-8,11-13,25H,9-10,24H2,1-2H3;2*1H/q+1;;/b7-5+;;. The summed E-state index contributed by atoms with van der Waals surface area (Å²) >= 11 is 3.51. The van der Waals surface area contributed by atoms with Crippen LogP contribution < -0.4 is 10.5 Å². The van der Waals surface area contributed by atoms with Gasteiger partial charge in [0.05, 0.1) is 12.8 Å². The Labute approximate surface area is 179 Å². The molecule has 0 amide bonds. The zero-order valence-corrected chi connectivity index (χ0v) is 17.9. The highest BCUT2D eigenvalue weighted by atomic mass is 79.9. The van der Waals surface area contributed by atoms with E-state index in [1.807, 2.05) is 48.7 Å². The van der Waals surface area contributed by atoms with Crippen LogP contribution in [0.2, 0.25) is 0 Å². The minimum atomic E-state index is 0. The van der Waals surface area contributed by atoms with Crippen LogP contribution >= 0.6 is 15.9 Å². The molecule has 0 fully saturated rings. The number of allylic oxidation sites excluding steroid dienone is 2. The number of halogens is 3. The van der Waals surface area contributed by atoms with Gasteiger partial charge in [0.1, 0.15) is 12.0 Å². The number of nitrogens with two attached hydrogens (primary N) is 1. The topological polar surface area (TPSA) is 54.0 Å². The minimum absolute atomic E-state index is 0. The van der Waals surface area contributed by atoms with E-state index in [4.69, 9.17) is 18.5 Å². The number of methoxy groups -OCH3 is 1. The highest BCUT2D eigenvalue weighted by molar-refractivity contribution is 9.10. The summed E-state index contributed by atoms with van der Waals surface area (Å²) in [5.74, 6) is 0.828. The van der Waals surface area contributed by atoms with Crippen LogP contribution in [0.4, 0.5) is 9.41 Å². The van der Waals surface area contributed by atoms with Gasteiger partial charge >= 0.3 is 7.98 Å². The third kappa shape index (κ3) is 5.55. The van der Waals surface area contributed by atoms with Gasteiger partial charge in [-0.05, 0) is 61.9 Å². The number of aromatic nitrogens is 1. The van der Waals surface area contributed by atoms with Crippen molar-refractivity contribution >= 4 is 47.9 Å². The van der Waals surface area contributed by atoms with Gasteiger partial charge in [0.2, 0.25) is 0 Å². The number of H-pyrrole nitrogens is 1. The summed E-state index contributed by atoms with van der Waals surface area (Å²) in [5.41, 5.74) is 12.1. The molecular formula is C21H24BBrF2N3O+. The summed E-state index contributed by atoms with van der Waals surface area (Å²) in [7, 11) is 7.73. The molecule has 1 aromatic heterocycles. The van der Waals surface area contributed by atoms with Crippen molar-refractivity contribution in [1.29, 1.82) is 0 Å². The first-order valence-electron chi connectivity index (χ1n) is 8.73. The summed E-state index contributed by atoms with van der Waals surface area (Å²) in [6.45, 7) is 2.64. The highest BCUT2D eigenvalue weighted by Gasteiger charge is 2.20. The average molecular weight is 463 g/mol. The number of hydrogen-bond acceptors (Lipinski definition) is 2. The number of aromatic amines is 1. The van der Waals surface area contributed by atoms with Gasteiger partial charge in [0.25, 0.3) is 0 Å². The van der Waals surface area contributed by atoms with Crippen LogP contribution in [-0.4, -0.2) is 37.3 Å². The molecule has 1 aromatic carbocycles. The van der Waals surface area contributed by atoms with E-state index < -0.39 is 0 Å². The van der Waals surface area contributed by atoms with E-state index in [1.165, 1.54) is 0 Å². The molecule has 0 spiro atoms. The Bertz CT molecular complexity index is 980. The predicted octanol–water partition coefficient (Wildman–Crippen LogP) is 4.37. The van der Waals surface area contributed by atoms with Crippen molar-refractivity contribution in [2.24, 2.45) is 5.73 Å². The van der Waals surface area contributed by atoms with Gasteiger partial charge in [0, 0.05) is 33.5 Å². The summed E-state index contributed by atoms with van der Waals surface area (Å²) in [6.07, 6.45) is 10.6. The molecule has 1 aliphatic heterocycles. The number of nitrogens with one attached hydrogen (secondary N) is 1. The highest BCUT2D eigenvalue weighted by Crippen LogP contribution is 2.29. The lowest BCUT2D eigenvalue weighted by Crippen LogP contribution is -2.09. The molecule has 0 aliphatic carbocycles. The normalized spacial score (nSPS) is 14.4. The first kappa shape index (κ1) is 24.6. The zero-order valence-electron chi connectivity index (χ0n) is 16.3. The molecule has 29 heavy (non-hydrogen) atoms. The van der Waals surface area contributed by atoms with Crippen LogP contribution in [0.5, 0.6) is 5.75 Å². The third-order valence-electron chi connectivity index (χ3n) is 4.45. The molecule has 0 saturated carbocycles. The van der Waals surface area contributed by atoms with E-state index in [0.717, 1.165) is 50.4 Å². The number of benzene rings is 1. The molecule has 152 valence electrons. The monoisotopic (exact) mass is 462 g/mol. The summed E-state index contributed by atoms with van der Waals surface area (Å²) in [4.78, 5) is 3.50. The van der Waals surface area contributed by atoms with Crippen molar-refractivity contribution in [3.8, 4) is 5.75 Å². The van der Waals surface area contributed by atoms with Crippen molar-refractivity contribution in [3.63, 3.8) is 0 Å². The lowest BCUT2D eigenvalue weighted by Gasteiger charge is -2.07.